The van der Waals surface area contributed by atoms with Crippen LogP contribution >= 0.6 is 11.3 Å². The summed E-state index contributed by atoms with van der Waals surface area (Å²) in [5.74, 6) is -0.532. The Balaban J connectivity index is 1.35. The molecular formula is C29H22N2O4S. The molecule has 4 heterocycles. The van der Waals surface area contributed by atoms with Gasteiger partial charge in [0.1, 0.15) is 16.9 Å². The molecule has 178 valence electrons. The number of nitrogens with zero attached hydrogens (tertiary/aromatic N) is 2. The number of para-hydroxylation sites is 1. The highest BCUT2D eigenvalue weighted by Crippen LogP contribution is 2.53. The van der Waals surface area contributed by atoms with Crippen molar-refractivity contribution in [2.45, 2.75) is 31.8 Å². The maximum Gasteiger partial charge on any atom is 0.335 e. The summed E-state index contributed by atoms with van der Waals surface area (Å²) in [4.78, 5) is 31.5. The smallest absolute Gasteiger partial charge is 0.335 e. The number of hydrogen-bond donors (Lipinski definition) is 1. The highest BCUT2D eigenvalue weighted by atomic mass is 32.1. The molecule has 36 heavy (non-hydrogen) atoms. The number of carbonyl (C=O) groups is 2. The molecule has 0 saturated heterocycles. The molecular weight excluding hydrogens is 472 g/mol. The van der Waals surface area contributed by atoms with Crippen molar-refractivity contribution in [2.75, 3.05) is 11.4 Å². The number of anilines is 1. The van der Waals surface area contributed by atoms with Gasteiger partial charge in [0.25, 0.3) is 0 Å². The number of fused-ring (bicyclic) bond motifs is 6. The van der Waals surface area contributed by atoms with Crippen molar-refractivity contribution >= 4 is 44.6 Å². The standard InChI is InChI=1S/C29H22N2O4S/c1-29(2)19-5-3-4-6-21(19)31-10-9-23-18(26(29)31)12-16-11-17(22(32)14-24(16)35-23)27-30-20-8-7-15(28(33)34)13-25(20)36-27/h3-8,11-14,23H,9-10H2,1-2H3,(H,33,34). The number of allylic oxidation sites excluding steroid dienone is 4. The normalized spacial score (nSPS) is 21.6. The predicted octanol–water partition coefficient (Wildman–Crippen LogP) is 5.63. The highest BCUT2D eigenvalue weighted by Gasteiger charge is 2.46. The molecule has 1 aromatic heterocycles. The number of carbonyl (C=O) groups excluding carboxylic acids is 1. The molecule has 6 nitrogen and oxygen atoms in total. The van der Waals surface area contributed by atoms with Gasteiger partial charge in [-0.2, -0.15) is 0 Å². The minimum atomic E-state index is -0.987. The van der Waals surface area contributed by atoms with Gasteiger partial charge in [-0.15, -0.1) is 11.3 Å². The van der Waals surface area contributed by atoms with Crippen LogP contribution in [0.5, 0.6) is 0 Å². The zero-order chi connectivity index (χ0) is 24.8. The van der Waals surface area contributed by atoms with Crippen LogP contribution in [0.25, 0.3) is 15.8 Å². The van der Waals surface area contributed by atoms with Gasteiger partial charge in [0.2, 0.25) is 0 Å². The van der Waals surface area contributed by atoms with Crippen LogP contribution in [0.3, 0.4) is 0 Å². The number of thiazole rings is 1. The average Bonchev–Trinajstić information content (AvgIpc) is 3.39. The quantitative estimate of drug-likeness (QED) is 0.498. The van der Waals surface area contributed by atoms with Gasteiger partial charge in [-0.05, 0) is 42.0 Å². The topological polar surface area (TPSA) is 79.7 Å². The van der Waals surface area contributed by atoms with Gasteiger partial charge in [0.15, 0.2) is 5.78 Å². The third-order valence-corrected chi connectivity index (χ3v) is 8.57. The second-order valence-corrected chi connectivity index (χ2v) is 11.1. The Morgan fingerprint density at radius 3 is 2.83 bits per heavy atom. The van der Waals surface area contributed by atoms with E-state index in [9.17, 15) is 14.7 Å². The molecule has 0 spiro atoms. The number of carboxylic acid groups (broad SMARTS) is 1. The minimum Gasteiger partial charge on any atom is -0.485 e. The second kappa shape index (κ2) is 7.27. The van der Waals surface area contributed by atoms with Gasteiger partial charge in [-0.3, -0.25) is 4.79 Å². The van der Waals surface area contributed by atoms with E-state index < -0.39 is 5.97 Å². The first kappa shape index (κ1) is 21.3. The Hall–Kier alpha value is -3.97. The summed E-state index contributed by atoms with van der Waals surface area (Å²) in [7, 11) is 0. The molecule has 3 aliphatic heterocycles. The molecule has 1 aliphatic carbocycles. The molecule has 1 N–H and O–H groups in total. The van der Waals surface area contributed by atoms with Crippen molar-refractivity contribution in [3.8, 4) is 0 Å². The number of ether oxygens (including phenoxy) is 1. The Bertz CT molecular complexity index is 1650. The predicted molar refractivity (Wildman–Crippen MR) is 139 cm³/mol. The van der Waals surface area contributed by atoms with Gasteiger partial charge in [0, 0.05) is 47.0 Å². The Morgan fingerprint density at radius 1 is 1.17 bits per heavy atom. The molecule has 7 heteroatoms. The van der Waals surface area contributed by atoms with Gasteiger partial charge in [0.05, 0.1) is 21.4 Å². The monoisotopic (exact) mass is 494 g/mol. The van der Waals surface area contributed by atoms with Crippen molar-refractivity contribution in [3.05, 3.63) is 99.4 Å². The summed E-state index contributed by atoms with van der Waals surface area (Å²) < 4.78 is 7.15. The molecule has 0 amide bonds. The van der Waals surface area contributed by atoms with Gasteiger partial charge < -0.3 is 14.7 Å². The van der Waals surface area contributed by atoms with E-state index in [1.165, 1.54) is 34.4 Å². The van der Waals surface area contributed by atoms with E-state index in [1.807, 2.05) is 6.08 Å². The molecule has 3 aromatic rings. The summed E-state index contributed by atoms with van der Waals surface area (Å²) in [5.41, 5.74) is 7.09. The summed E-state index contributed by atoms with van der Waals surface area (Å²) in [5, 5.41) is 9.88. The van der Waals surface area contributed by atoms with Gasteiger partial charge in [-0.1, -0.05) is 32.0 Å². The number of carboxylic acids is 1. The number of aromatic nitrogens is 1. The van der Waals surface area contributed by atoms with Crippen molar-refractivity contribution < 1.29 is 19.4 Å². The number of hydrogen-bond acceptors (Lipinski definition) is 6. The van der Waals surface area contributed by atoms with E-state index in [4.69, 9.17) is 4.74 Å². The lowest BCUT2D eigenvalue weighted by molar-refractivity contribution is -0.109. The summed E-state index contributed by atoms with van der Waals surface area (Å²) in [6.45, 7) is 5.40. The number of aromatic carboxylic acids is 1. The van der Waals surface area contributed by atoms with Crippen LogP contribution in [-0.4, -0.2) is 34.5 Å². The summed E-state index contributed by atoms with van der Waals surface area (Å²) in [6.07, 6.45) is 6.37. The zero-order valence-corrected chi connectivity index (χ0v) is 20.6. The summed E-state index contributed by atoms with van der Waals surface area (Å²) >= 11 is 1.33. The Labute approximate surface area is 211 Å². The molecule has 0 bridgehead atoms. The summed E-state index contributed by atoms with van der Waals surface area (Å²) in [6, 6.07) is 13.4. The average molecular weight is 495 g/mol. The minimum absolute atomic E-state index is 0.0838. The fourth-order valence-electron chi connectivity index (χ4n) is 5.86. The number of ketones is 1. The lowest BCUT2D eigenvalue weighted by atomic mass is 9.79. The van der Waals surface area contributed by atoms with Crippen LogP contribution in [0, 0.1) is 0 Å². The van der Waals surface area contributed by atoms with E-state index in [0.717, 1.165) is 28.8 Å². The maximum atomic E-state index is 13.1. The van der Waals surface area contributed by atoms with Crippen LogP contribution in [0.2, 0.25) is 0 Å². The Morgan fingerprint density at radius 2 is 2.00 bits per heavy atom. The van der Waals surface area contributed by atoms with E-state index in [0.29, 0.717) is 21.9 Å². The van der Waals surface area contributed by atoms with Crippen LogP contribution in [0.1, 0.15) is 41.2 Å². The molecule has 2 aromatic carbocycles. The molecule has 1 atom stereocenters. The Kier molecular flexibility index (Phi) is 4.31. The largest absolute Gasteiger partial charge is 0.485 e. The van der Waals surface area contributed by atoms with E-state index >= 15 is 0 Å². The lowest BCUT2D eigenvalue weighted by Crippen LogP contribution is -2.39. The van der Waals surface area contributed by atoms with Crippen LogP contribution in [-0.2, 0) is 14.9 Å². The van der Waals surface area contributed by atoms with Crippen LogP contribution in [0.15, 0.2) is 83.3 Å². The first-order chi connectivity index (χ1) is 17.3. The lowest BCUT2D eigenvalue weighted by Gasteiger charge is -2.40. The first-order valence-electron chi connectivity index (χ1n) is 11.9. The van der Waals surface area contributed by atoms with E-state index in [1.54, 1.807) is 18.2 Å². The molecule has 0 saturated carbocycles. The maximum absolute atomic E-state index is 13.1. The third-order valence-electron chi connectivity index (χ3n) is 7.52. The zero-order valence-electron chi connectivity index (χ0n) is 19.7. The molecule has 0 radical (unpaired) electrons. The highest BCUT2D eigenvalue weighted by molar-refractivity contribution is 7.19. The fourth-order valence-corrected chi connectivity index (χ4v) is 6.89. The van der Waals surface area contributed by atoms with Crippen molar-refractivity contribution in [1.82, 2.24) is 4.98 Å². The van der Waals surface area contributed by atoms with E-state index in [2.05, 4.69) is 54.1 Å². The van der Waals surface area contributed by atoms with Crippen molar-refractivity contribution in [3.63, 3.8) is 0 Å². The van der Waals surface area contributed by atoms with Crippen molar-refractivity contribution in [2.24, 2.45) is 0 Å². The third kappa shape index (κ3) is 2.92. The van der Waals surface area contributed by atoms with Gasteiger partial charge >= 0.3 is 5.97 Å². The van der Waals surface area contributed by atoms with Crippen LogP contribution in [0.4, 0.5) is 5.69 Å². The SMILES string of the molecule is CC1(C)C2=C3C=C4C=C(c5nc6ccc(C(=O)O)cc6s5)C(=O)C=C4OC3CCN2c2ccccc21. The molecule has 1 unspecified atom stereocenters. The van der Waals surface area contributed by atoms with Gasteiger partial charge in [-0.25, -0.2) is 9.78 Å². The second-order valence-electron chi connectivity index (χ2n) is 10.0. The van der Waals surface area contributed by atoms with Crippen LogP contribution < -0.4 is 4.90 Å². The fraction of sp³-hybridized carbons (Fsp3) is 0.207. The molecule has 7 rings (SSSR count). The number of rotatable bonds is 2. The number of benzene rings is 2. The first-order valence-corrected chi connectivity index (χ1v) is 12.8. The molecule has 4 aliphatic rings. The van der Waals surface area contributed by atoms with E-state index in [-0.39, 0.29) is 22.9 Å². The molecule has 0 fully saturated rings. The van der Waals surface area contributed by atoms with Crippen molar-refractivity contribution in [1.29, 1.82) is 0 Å².